The molecule has 2 rings (SSSR count). The van der Waals surface area contributed by atoms with Gasteiger partial charge < -0.3 is 5.11 Å². The number of thioether (sulfide) groups is 1. The van der Waals surface area contributed by atoms with Crippen LogP contribution in [-0.2, 0) is 5.41 Å². The van der Waals surface area contributed by atoms with Crippen molar-refractivity contribution >= 4 is 11.8 Å². The molecule has 1 aliphatic rings. The predicted octanol–water partition coefficient (Wildman–Crippen LogP) is 3.03. The Morgan fingerprint density at radius 2 is 1.87 bits per heavy atom. The zero-order chi connectivity index (χ0) is 10.9. The van der Waals surface area contributed by atoms with E-state index in [0.29, 0.717) is 16.7 Å². The summed E-state index contributed by atoms with van der Waals surface area (Å²) in [6.07, 6.45) is 1.98. The quantitative estimate of drug-likeness (QED) is 0.802. The number of alkyl halides is 2. The number of aliphatic hydroxyl groups is 1. The van der Waals surface area contributed by atoms with Crippen LogP contribution in [0, 0.1) is 0 Å². The number of hydrogen-bond donors (Lipinski definition) is 1. The fourth-order valence-corrected chi connectivity index (χ4v) is 2.18. The van der Waals surface area contributed by atoms with Crippen molar-refractivity contribution in [2.75, 3.05) is 6.61 Å². The molecule has 1 aromatic carbocycles. The van der Waals surface area contributed by atoms with Gasteiger partial charge >= 0.3 is 0 Å². The monoisotopic (exact) mass is 230 g/mol. The smallest absolute Gasteiger partial charge is 0.288 e. The summed E-state index contributed by atoms with van der Waals surface area (Å²) in [5.41, 5.74) is 0.984. The minimum Gasteiger partial charge on any atom is -0.395 e. The van der Waals surface area contributed by atoms with Gasteiger partial charge in [-0.2, -0.15) is 8.78 Å². The van der Waals surface area contributed by atoms with Gasteiger partial charge in [0.1, 0.15) is 0 Å². The van der Waals surface area contributed by atoms with Crippen molar-refractivity contribution in [1.82, 2.24) is 0 Å². The maximum absolute atomic E-state index is 12.1. The van der Waals surface area contributed by atoms with Crippen molar-refractivity contribution < 1.29 is 13.9 Å². The van der Waals surface area contributed by atoms with Gasteiger partial charge in [0, 0.05) is 10.3 Å². The summed E-state index contributed by atoms with van der Waals surface area (Å²) in [4.78, 5) is 0.572. The zero-order valence-electron chi connectivity index (χ0n) is 8.12. The van der Waals surface area contributed by atoms with E-state index in [9.17, 15) is 13.9 Å². The van der Waals surface area contributed by atoms with Crippen LogP contribution in [0.5, 0.6) is 0 Å². The van der Waals surface area contributed by atoms with Crippen molar-refractivity contribution in [3.05, 3.63) is 29.8 Å². The van der Waals surface area contributed by atoms with Gasteiger partial charge in [0.2, 0.25) is 0 Å². The number of benzene rings is 1. The Bertz CT molecular complexity index is 333. The lowest BCUT2D eigenvalue weighted by atomic mass is 9.97. The number of aliphatic hydroxyl groups excluding tert-OH is 1. The first-order valence-corrected chi connectivity index (χ1v) is 5.70. The molecule has 0 heterocycles. The summed E-state index contributed by atoms with van der Waals surface area (Å²) in [5, 5.41) is 9.20. The second-order valence-corrected chi connectivity index (χ2v) is 4.90. The van der Waals surface area contributed by atoms with E-state index in [-0.39, 0.29) is 12.0 Å². The van der Waals surface area contributed by atoms with E-state index in [4.69, 9.17) is 0 Å². The molecule has 0 amide bonds. The van der Waals surface area contributed by atoms with Crippen molar-refractivity contribution in [2.24, 2.45) is 0 Å². The fourth-order valence-electron chi connectivity index (χ4n) is 1.68. The molecule has 0 unspecified atom stereocenters. The molecule has 15 heavy (non-hydrogen) atoms. The van der Waals surface area contributed by atoms with Crippen LogP contribution >= 0.6 is 11.8 Å². The van der Waals surface area contributed by atoms with Gasteiger partial charge in [0.15, 0.2) is 0 Å². The van der Waals surface area contributed by atoms with Gasteiger partial charge in [-0.15, -0.1) is 0 Å². The second kappa shape index (κ2) is 4.10. The van der Waals surface area contributed by atoms with Crippen LogP contribution in [0.2, 0.25) is 0 Å². The van der Waals surface area contributed by atoms with E-state index in [1.165, 1.54) is 0 Å². The van der Waals surface area contributed by atoms with E-state index in [1.807, 2.05) is 12.1 Å². The molecule has 82 valence electrons. The van der Waals surface area contributed by atoms with Crippen molar-refractivity contribution in [2.45, 2.75) is 28.9 Å². The highest BCUT2D eigenvalue weighted by Crippen LogP contribution is 2.47. The molecule has 1 aromatic rings. The first-order valence-electron chi connectivity index (χ1n) is 4.82. The number of halogens is 2. The van der Waals surface area contributed by atoms with Crippen molar-refractivity contribution in [3.63, 3.8) is 0 Å². The Labute approximate surface area is 91.5 Å². The molecule has 0 aromatic heterocycles. The molecule has 1 aliphatic carbocycles. The molecule has 4 heteroatoms. The van der Waals surface area contributed by atoms with Crippen LogP contribution in [0.1, 0.15) is 18.4 Å². The summed E-state index contributed by atoms with van der Waals surface area (Å²) >= 11 is 0.550. The molecule has 0 atom stereocenters. The molecule has 1 N–H and O–H groups in total. The molecule has 1 fully saturated rings. The standard InChI is InChI=1S/C11H12F2OS/c12-10(13)15-9-3-1-8(2-4-9)11(7-14)5-6-11/h1-4,10,14H,5-7H2. The van der Waals surface area contributed by atoms with Crippen molar-refractivity contribution in [3.8, 4) is 0 Å². The number of rotatable bonds is 4. The normalized spacial score (nSPS) is 18.1. The average molecular weight is 230 g/mol. The maximum Gasteiger partial charge on any atom is 0.288 e. The first kappa shape index (κ1) is 10.9. The Balaban J connectivity index is 2.10. The molecular weight excluding hydrogens is 218 g/mol. The SMILES string of the molecule is OCC1(c2ccc(SC(F)F)cc2)CC1. The van der Waals surface area contributed by atoms with Gasteiger partial charge in [0.25, 0.3) is 5.76 Å². The Morgan fingerprint density at radius 1 is 1.27 bits per heavy atom. The van der Waals surface area contributed by atoms with E-state index in [1.54, 1.807) is 12.1 Å². The summed E-state index contributed by atoms with van der Waals surface area (Å²) in [6, 6.07) is 7.08. The summed E-state index contributed by atoms with van der Waals surface area (Å²) in [7, 11) is 0. The van der Waals surface area contributed by atoms with Crippen LogP contribution in [0.25, 0.3) is 0 Å². The van der Waals surface area contributed by atoms with Gasteiger partial charge in [-0.1, -0.05) is 23.9 Å². The van der Waals surface area contributed by atoms with E-state index in [2.05, 4.69) is 0 Å². The van der Waals surface area contributed by atoms with E-state index >= 15 is 0 Å². The zero-order valence-corrected chi connectivity index (χ0v) is 8.94. The fraction of sp³-hybridized carbons (Fsp3) is 0.455. The topological polar surface area (TPSA) is 20.2 Å². The Morgan fingerprint density at radius 3 is 2.27 bits per heavy atom. The minimum absolute atomic E-state index is 0.0754. The van der Waals surface area contributed by atoms with Crippen LogP contribution in [0.15, 0.2) is 29.2 Å². The Hall–Kier alpha value is -0.610. The van der Waals surface area contributed by atoms with Crippen LogP contribution in [-0.4, -0.2) is 17.5 Å². The van der Waals surface area contributed by atoms with Gasteiger partial charge in [0.05, 0.1) is 6.61 Å². The second-order valence-electron chi connectivity index (χ2n) is 3.84. The lowest BCUT2D eigenvalue weighted by molar-refractivity contribution is 0.252. The minimum atomic E-state index is -2.37. The highest BCUT2D eigenvalue weighted by atomic mass is 32.2. The highest BCUT2D eigenvalue weighted by Gasteiger charge is 2.43. The number of hydrogen-bond acceptors (Lipinski definition) is 2. The van der Waals surface area contributed by atoms with Crippen molar-refractivity contribution in [1.29, 1.82) is 0 Å². The predicted molar refractivity (Wildman–Crippen MR) is 56.3 cm³/mol. The maximum atomic E-state index is 12.1. The van der Waals surface area contributed by atoms with E-state index in [0.717, 1.165) is 18.4 Å². The molecule has 0 radical (unpaired) electrons. The molecule has 1 nitrogen and oxygen atoms in total. The third kappa shape index (κ3) is 2.32. The molecular formula is C11H12F2OS. The van der Waals surface area contributed by atoms with Gasteiger partial charge in [-0.25, -0.2) is 0 Å². The lowest BCUT2D eigenvalue weighted by Crippen LogP contribution is -2.11. The largest absolute Gasteiger partial charge is 0.395 e. The van der Waals surface area contributed by atoms with Gasteiger partial charge in [-0.3, -0.25) is 0 Å². The average Bonchev–Trinajstić information content (AvgIpc) is 2.99. The highest BCUT2D eigenvalue weighted by molar-refractivity contribution is 7.99. The summed E-state index contributed by atoms with van der Waals surface area (Å²) in [6.45, 7) is 0.147. The Kier molecular flexibility index (Phi) is 2.98. The third-order valence-electron chi connectivity index (χ3n) is 2.85. The summed E-state index contributed by atoms with van der Waals surface area (Å²) in [5.74, 6) is -2.37. The van der Waals surface area contributed by atoms with Gasteiger partial charge in [-0.05, 0) is 30.5 Å². The summed E-state index contributed by atoms with van der Waals surface area (Å²) < 4.78 is 24.1. The molecule has 0 bridgehead atoms. The molecule has 0 saturated heterocycles. The molecule has 0 spiro atoms. The molecule has 1 saturated carbocycles. The van der Waals surface area contributed by atoms with Crippen LogP contribution in [0.4, 0.5) is 8.78 Å². The molecule has 0 aliphatic heterocycles. The first-order chi connectivity index (χ1) is 7.16. The third-order valence-corrected chi connectivity index (χ3v) is 3.57. The van der Waals surface area contributed by atoms with Crippen LogP contribution < -0.4 is 0 Å². The lowest BCUT2D eigenvalue weighted by Gasteiger charge is -2.12. The van der Waals surface area contributed by atoms with Crippen LogP contribution in [0.3, 0.4) is 0 Å². The van der Waals surface area contributed by atoms with E-state index < -0.39 is 5.76 Å².